The smallest absolute Gasteiger partial charge is 0.262 e. The van der Waals surface area contributed by atoms with Crippen LogP contribution in [0.3, 0.4) is 0 Å². The van der Waals surface area contributed by atoms with Crippen LogP contribution in [-0.4, -0.2) is 30.8 Å². The number of pyridine rings is 1. The Morgan fingerprint density at radius 1 is 1.47 bits per heavy atom. The summed E-state index contributed by atoms with van der Waals surface area (Å²) in [6.07, 6.45) is 2.38. The van der Waals surface area contributed by atoms with Gasteiger partial charge in [0, 0.05) is 19.3 Å². The van der Waals surface area contributed by atoms with Gasteiger partial charge in [-0.1, -0.05) is 27.2 Å². The van der Waals surface area contributed by atoms with Crippen LogP contribution < -0.4 is 11.3 Å². The van der Waals surface area contributed by atoms with Crippen LogP contribution in [-0.2, 0) is 10.0 Å². The van der Waals surface area contributed by atoms with Crippen LogP contribution in [0.4, 0.5) is 5.69 Å². The van der Waals surface area contributed by atoms with Gasteiger partial charge in [0.15, 0.2) is 5.03 Å². The first-order chi connectivity index (χ1) is 8.97. The molecule has 0 aliphatic carbocycles. The maximum atomic E-state index is 12.6. The lowest BCUT2D eigenvalue weighted by atomic mass is 10.1. The molecule has 1 heterocycles. The van der Waals surface area contributed by atoms with Crippen LogP contribution in [0.15, 0.2) is 23.4 Å². The predicted molar refractivity (Wildman–Crippen MR) is 75.9 cm³/mol. The molecule has 0 aliphatic heterocycles. The second kappa shape index (κ2) is 6.83. The van der Waals surface area contributed by atoms with Crippen molar-refractivity contribution in [2.45, 2.75) is 32.2 Å². The van der Waals surface area contributed by atoms with Crippen LogP contribution in [0.25, 0.3) is 0 Å². The van der Waals surface area contributed by atoms with Gasteiger partial charge in [0.05, 0.1) is 5.69 Å². The van der Waals surface area contributed by atoms with Gasteiger partial charge in [-0.05, 0) is 18.1 Å². The molecule has 1 aromatic rings. The van der Waals surface area contributed by atoms with Gasteiger partial charge < -0.3 is 5.43 Å². The number of nitrogen functional groups attached to an aromatic ring is 1. The Morgan fingerprint density at radius 3 is 2.68 bits per heavy atom. The monoisotopic (exact) mass is 286 g/mol. The summed E-state index contributed by atoms with van der Waals surface area (Å²) >= 11 is 0. The summed E-state index contributed by atoms with van der Waals surface area (Å²) in [6.45, 7) is 6.78. The fourth-order valence-electron chi connectivity index (χ4n) is 1.70. The lowest BCUT2D eigenvalue weighted by Gasteiger charge is -2.23. The molecule has 0 radical (unpaired) electrons. The van der Waals surface area contributed by atoms with Crippen molar-refractivity contribution in [3.63, 3.8) is 0 Å². The van der Waals surface area contributed by atoms with E-state index in [2.05, 4.69) is 10.4 Å². The van der Waals surface area contributed by atoms with E-state index < -0.39 is 10.0 Å². The van der Waals surface area contributed by atoms with E-state index in [1.165, 1.54) is 10.5 Å². The summed E-state index contributed by atoms with van der Waals surface area (Å²) in [4.78, 5) is 3.95. The number of hydrogen-bond acceptors (Lipinski definition) is 5. The standard InChI is InChI=1S/C12H22N4O2S/c1-4-10(3)9-16(5-2)19(17,18)12-11(15-13)7-6-8-14-12/h6-8,10,15H,4-5,9,13H2,1-3H3. The first kappa shape index (κ1) is 15.9. The Balaban J connectivity index is 3.13. The van der Waals surface area contributed by atoms with Gasteiger partial charge in [-0.15, -0.1) is 0 Å². The van der Waals surface area contributed by atoms with E-state index in [0.29, 0.717) is 24.7 Å². The molecule has 108 valence electrons. The van der Waals surface area contributed by atoms with Crippen LogP contribution in [0.1, 0.15) is 27.2 Å². The first-order valence-electron chi connectivity index (χ1n) is 6.39. The molecule has 0 bridgehead atoms. The molecule has 7 heteroatoms. The van der Waals surface area contributed by atoms with E-state index in [1.807, 2.05) is 20.8 Å². The van der Waals surface area contributed by atoms with Gasteiger partial charge in [-0.25, -0.2) is 13.4 Å². The van der Waals surface area contributed by atoms with Crippen molar-refractivity contribution in [1.29, 1.82) is 0 Å². The average molecular weight is 286 g/mol. The van der Waals surface area contributed by atoms with Gasteiger partial charge in [-0.3, -0.25) is 5.84 Å². The average Bonchev–Trinajstić information content (AvgIpc) is 2.43. The number of hydrogen-bond donors (Lipinski definition) is 2. The Morgan fingerprint density at radius 2 is 2.16 bits per heavy atom. The number of anilines is 1. The molecule has 1 rings (SSSR count). The largest absolute Gasteiger partial charge is 0.321 e. The Bertz CT molecular complexity index is 504. The molecule has 6 nitrogen and oxygen atoms in total. The summed E-state index contributed by atoms with van der Waals surface area (Å²) in [5.41, 5.74) is 2.69. The van der Waals surface area contributed by atoms with Gasteiger partial charge in [0.1, 0.15) is 0 Å². The van der Waals surface area contributed by atoms with Crippen molar-refractivity contribution in [3.05, 3.63) is 18.3 Å². The number of rotatable bonds is 7. The van der Waals surface area contributed by atoms with Crippen molar-refractivity contribution < 1.29 is 8.42 Å². The van der Waals surface area contributed by atoms with E-state index in [1.54, 1.807) is 12.1 Å². The number of nitrogens with zero attached hydrogens (tertiary/aromatic N) is 2. The fourth-order valence-corrected chi connectivity index (χ4v) is 3.34. The Hall–Kier alpha value is -1.18. The summed E-state index contributed by atoms with van der Waals surface area (Å²) in [5, 5.41) is -0.0253. The zero-order valence-electron chi connectivity index (χ0n) is 11.6. The second-order valence-electron chi connectivity index (χ2n) is 4.47. The Kier molecular flexibility index (Phi) is 5.71. The molecule has 0 saturated carbocycles. The Labute approximate surface area is 115 Å². The molecule has 0 fully saturated rings. The van der Waals surface area contributed by atoms with Crippen LogP contribution in [0, 0.1) is 5.92 Å². The van der Waals surface area contributed by atoms with Crippen molar-refractivity contribution in [2.75, 3.05) is 18.5 Å². The third-order valence-corrected chi connectivity index (χ3v) is 4.98. The van der Waals surface area contributed by atoms with Gasteiger partial charge in [-0.2, -0.15) is 4.31 Å². The maximum Gasteiger partial charge on any atom is 0.262 e. The van der Waals surface area contributed by atoms with Crippen molar-refractivity contribution in [2.24, 2.45) is 11.8 Å². The minimum absolute atomic E-state index is 0.0253. The molecule has 0 aliphatic rings. The molecule has 3 N–H and O–H groups in total. The number of nitrogens with one attached hydrogen (secondary N) is 1. The minimum atomic E-state index is -3.62. The quantitative estimate of drug-likeness (QED) is 0.584. The van der Waals surface area contributed by atoms with Crippen LogP contribution >= 0.6 is 0 Å². The number of nitrogens with two attached hydrogens (primary N) is 1. The van der Waals surface area contributed by atoms with Crippen LogP contribution in [0.5, 0.6) is 0 Å². The SMILES string of the molecule is CCC(C)CN(CC)S(=O)(=O)c1ncccc1NN. The van der Waals surface area contributed by atoms with Crippen LogP contribution in [0.2, 0.25) is 0 Å². The molecule has 1 atom stereocenters. The first-order valence-corrected chi connectivity index (χ1v) is 7.83. The summed E-state index contributed by atoms with van der Waals surface area (Å²) in [6, 6.07) is 3.23. The number of hydrazine groups is 1. The lowest BCUT2D eigenvalue weighted by molar-refractivity contribution is 0.360. The minimum Gasteiger partial charge on any atom is -0.321 e. The molecule has 19 heavy (non-hydrogen) atoms. The zero-order valence-corrected chi connectivity index (χ0v) is 12.4. The van der Waals surface area contributed by atoms with E-state index in [4.69, 9.17) is 5.84 Å². The highest BCUT2D eigenvalue weighted by Gasteiger charge is 2.27. The topological polar surface area (TPSA) is 88.3 Å². The summed E-state index contributed by atoms with van der Waals surface area (Å²) in [5.74, 6) is 5.64. The molecule has 1 aromatic heterocycles. The predicted octanol–water partition coefficient (Wildman–Crippen LogP) is 1.42. The second-order valence-corrected chi connectivity index (χ2v) is 6.32. The van der Waals surface area contributed by atoms with Gasteiger partial charge in [0.25, 0.3) is 10.0 Å². The number of sulfonamides is 1. The highest BCUT2D eigenvalue weighted by Crippen LogP contribution is 2.22. The molecule has 0 spiro atoms. The molecule has 0 aromatic carbocycles. The van der Waals surface area contributed by atoms with E-state index in [0.717, 1.165) is 6.42 Å². The number of aromatic nitrogens is 1. The lowest BCUT2D eigenvalue weighted by Crippen LogP contribution is -2.35. The van der Waals surface area contributed by atoms with Gasteiger partial charge >= 0.3 is 0 Å². The highest BCUT2D eigenvalue weighted by atomic mass is 32.2. The molecule has 0 saturated heterocycles. The third kappa shape index (κ3) is 3.65. The summed E-state index contributed by atoms with van der Waals surface area (Å²) < 4.78 is 26.6. The van der Waals surface area contributed by atoms with E-state index >= 15 is 0 Å². The highest BCUT2D eigenvalue weighted by molar-refractivity contribution is 7.89. The fraction of sp³-hybridized carbons (Fsp3) is 0.583. The van der Waals surface area contributed by atoms with Crippen molar-refractivity contribution >= 4 is 15.7 Å². The molecular weight excluding hydrogens is 264 g/mol. The molecule has 0 amide bonds. The maximum absolute atomic E-state index is 12.6. The third-order valence-electron chi connectivity index (χ3n) is 3.08. The van der Waals surface area contributed by atoms with E-state index in [-0.39, 0.29) is 5.03 Å². The van der Waals surface area contributed by atoms with Crippen molar-refractivity contribution in [3.8, 4) is 0 Å². The van der Waals surface area contributed by atoms with Crippen molar-refractivity contribution in [1.82, 2.24) is 9.29 Å². The molecular formula is C12H22N4O2S. The van der Waals surface area contributed by atoms with Gasteiger partial charge in [0.2, 0.25) is 0 Å². The normalized spacial score (nSPS) is 13.5. The zero-order chi connectivity index (χ0) is 14.5. The van der Waals surface area contributed by atoms with E-state index in [9.17, 15) is 8.42 Å². The molecule has 1 unspecified atom stereocenters. The summed E-state index contributed by atoms with van der Waals surface area (Å²) in [7, 11) is -3.62.